The molecule has 0 radical (unpaired) electrons. The largest absolute Gasteiger partial charge is 0.497 e. The molecule has 3 aromatic carbocycles. The zero-order chi connectivity index (χ0) is 17.2. The zero-order valence-electron chi connectivity index (χ0n) is 13.6. The Morgan fingerprint density at radius 1 is 1.00 bits per heavy atom. The number of nitrogens with one attached hydrogen (secondary N) is 1. The maximum Gasteiger partial charge on any atom is 0.241 e. The van der Waals surface area contributed by atoms with E-state index in [0.29, 0.717) is 16.8 Å². The molecule has 0 unspecified atom stereocenters. The molecule has 0 bridgehead atoms. The Morgan fingerprint density at radius 3 is 2.44 bits per heavy atom. The topological polar surface area (TPSA) is 81.4 Å². The minimum Gasteiger partial charge on any atom is -0.497 e. The fourth-order valence-corrected chi connectivity index (χ4v) is 3.82. The summed E-state index contributed by atoms with van der Waals surface area (Å²) >= 11 is 0. The number of benzene rings is 3. The van der Waals surface area contributed by atoms with E-state index >= 15 is 0 Å². The van der Waals surface area contributed by atoms with E-state index < -0.39 is 10.0 Å². The second-order valence-electron chi connectivity index (χ2n) is 5.37. The summed E-state index contributed by atoms with van der Waals surface area (Å²) in [7, 11) is -2.09. The summed E-state index contributed by atoms with van der Waals surface area (Å²) in [6.45, 7) is 0.179. The number of halogens is 1. The molecule has 0 aliphatic carbocycles. The summed E-state index contributed by atoms with van der Waals surface area (Å²) in [5.74, 6) is 0.685. The van der Waals surface area contributed by atoms with Gasteiger partial charge in [0.25, 0.3) is 0 Å². The van der Waals surface area contributed by atoms with Gasteiger partial charge >= 0.3 is 0 Å². The number of sulfonamides is 1. The Morgan fingerprint density at radius 2 is 1.68 bits per heavy atom. The van der Waals surface area contributed by atoms with E-state index in [4.69, 9.17) is 10.5 Å². The molecule has 132 valence electrons. The molecule has 0 aromatic heterocycles. The summed E-state index contributed by atoms with van der Waals surface area (Å²) in [6.07, 6.45) is 0. The highest BCUT2D eigenvalue weighted by Crippen LogP contribution is 2.27. The molecule has 7 heteroatoms. The van der Waals surface area contributed by atoms with Crippen LogP contribution in [0.5, 0.6) is 5.75 Å². The lowest BCUT2D eigenvalue weighted by Crippen LogP contribution is -2.23. The Hall–Kier alpha value is -2.28. The van der Waals surface area contributed by atoms with Crippen molar-refractivity contribution in [3.05, 3.63) is 66.2 Å². The van der Waals surface area contributed by atoms with E-state index in [1.165, 1.54) is 0 Å². The molecule has 0 amide bonds. The lowest BCUT2D eigenvalue weighted by molar-refractivity contribution is 0.414. The second-order valence-corrected chi connectivity index (χ2v) is 7.11. The minimum atomic E-state index is -3.67. The predicted molar refractivity (Wildman–Crippen MR) is 103 cm³/mol. The van der Waals surface area contributed by atoms with E-state index in [-0.39, 0.29) is 23.8 Å². The third kappa shape index (κ3) is 4.04. The van der Waals surface area contributed by atoms with Crippen molar-refractivity contribution >= 4 is 38.9 Å². The normalized spacial score (nSPS) is 11.1. The number of hydrogen-bond donors (Lipinski definition) is 2. The predicted octanol–water partition coefficient (Wildman–Crippen LogP) is 3.33. The van der Waals surface area contributed by atoms with Crippen LogP contribution >= 0.6 is 12.4 Å². The van der Waals surface area contributed by atoms with Gasteiger partial charge in [-0.2, -0.15) is 0 Å². The first kappa shape index (κ1) is 19.1. The van der Waals surface area contributed by atoms with Crippen LogP contribution in [-0.4, -0.2) is 15.5 Å². The monoisotopic (exact) mass is 378 g/mol. The maximum atomic E-state index is 12.7. The Labute approximate surface area is 153 Å². The molecule has 0 fully saturated rings. The molecular formula is C18H19ClN2O3S. The average molecular weight is 379 g/mol. The van der Waals surface area contributed by atoms with Crippen molar-refractivity contribution in [2.24, 2.45) is 0 Å². The number of nitrogen functional groups attached to an aromatic ring is 1. The minimum absolute atomic E-state index is 0. The van der Waals surface area contributed by atoms with Gasteiger partial charge in [0.1, 0.15) is 5.75 Å². The molecule has 0 atom stereocenters. The highest BCUT2D eigenvalue weighted by atomic mass is 35.5. The highest BCUT2D eigenvalue weighted by molar-refractivity contribution is 7.89. The van der Waals surface area contributed by atoms with Crippen LogP contribution in [0.2, 0.25) is 0 Å². The zero-order valence-corrected chi connectivity index (χ0v) is 15.2. The number of hydrogen-bond acceptors (Lipinski definition) is 4. The van der Waals surface area contributed by atoms with Gasteiger partial charge in [-0.3, -0.25) is 0 Å². The molecule has 0 spiro atoms. The standard InChI is InChI=1S/C18H18N2O3S.ClH/c1-23-14-6-2-5-13(11-14)12-20-24(21,22)18-10-4-7-15-16(18)8-3-9-17(15)19;/h2-11,20H,12,19H2,1H3;1H. The van der Waals surface area contributed by atoms with E-state index in [9.17, 15) is 8.42 Å². The maximum absolute atomic E-state index is 12.7. The summed E-state index contributed by atoms with van der Waals surface area (Å²) in [5, 5.41) is 1.33. The molecular weight excluding hydrogens is 360 g/mol. The fraction of sp³-hybridized carbons (Fsp3) is 0.111. The highest BCUT2D eigenvalue weighted by Gasteiger charge is 2.17. The van der Waals surface area contributed by atoms with Gasteiger partial charge < -0.3 is 10.5 Å². The fourth-order valence-electron chi connectivity index (χ4n) is 2.58. The van der Waals surface area contributed by atoms with Crippen molar-refractivity contribution in [3.8, 4) is 5.75 Å². The van der Waals surface area contributed by atoms with Crippen LogP contribution in [0, 0.1) is 0 Å². The van der Waals surface area contributed by atoms with Crippen molar-refractivity contribution in [2.45, 2.75) is 11.4 Å². The second kappa shape index (κ2) is 7.74. The van der Waals surface area contributed by atoms with Gasteiger partial charge in [0, 0.05) is 23.0 Å². The molecule has 0 saturated heterocycles. The van der Waals surface area contributed by atoms with Crippen LogP contribution in [-0.2, 0) is 16.6 Å². The molecule has 5 nitrogen and oxygen atoms in total. The van der Waals surface area contributed by atoms with Crippen molar-refractivity contribution in [3.63, 3.8) is 0 Å². The molecule has 0 heterocycles. The first-order valence-corrected chi connectivity index (χ1v) is 8.89. The first-order chi connectivity index (χ1) is 11.5. The van der Waals surface area contributed by atoms with Crippen molar-refractivity contribution in [1.82, 2.24) is 4.72 Å². The molecule has 3 rings (SSSR count). The lowest BCUT2D eigenvalue weighted by Gasteiger charge is -2.11. The summed E-state index contributed by atoms with van der Waals surface area (Å²) in [5.41, 5.74) is 7.31. The Kier molecular flexibility index (Phi) is 5.89. The average Bonchev–Trinajstić information content (AvgIpc) is 2.60. The van der Waals surface area contributed by atoms with Crippen LogP contribution in [0.4, 0.5) is 5.69 Å². The van der Waals surface area contributed by atoms with Gasteiger partial charge in [-0.15, -0.1) is 12.4 Å². The molecule has 0 aliphatic heterocycles. The summed E-state index contributed by atoms with van der Waals surface area (Å²) in [4.78, 5) is 0.218. The Bertz CT molecular complexity index is 991. The number of ether oxygens (including phenoxy) is 1. The third-order valence-corrected chi connectivity index (χ3v) is 5.27. The van der Waals surface area contributed by atoms with E-state index in [2.05, 4.69) is 4.72 Å². The number of fused-ring (bicyclic) bond motifs is 1. The molecule has 3 N–H and O–H groups in total. The van der Waals surface area contributed by atoms with Crippen LogP contribution < -0.4 is 15.2 Å². The molecule has 0 aliphatic rings. The van der Waals surface area contributed by atoms with E-state index in [0.717, 1.165) is 10.9 Å². The van der Waals surface area contributed by atoms with E-state index in [1.807, 2.05) is 24.3 Å². The number of methoxy groups -OCH3 is 1. The third-order valence-electron chi connectivity index (χ3n) is 3.81. The van der Waals surface area contributed by atoms with Crippen LogP contribution in [0.15, 0.2) is 65.6 Å². The van der Waals surface area contributed by atoms with E-state index in [1.54, 1.807) is 43.5 Å². The van der Waals surface area contributed by atoms with Crippen molar-refractivity contribution in [1.29, 1.82) is 0 Å². The first-order valence-electron chi connectivity index (χ1n) is 7.41. The smallest absolute Gasteiger partial charge is 0.241 e. The number of nitrogens with two attached hydrogens (primary N) is 1. The molecule has 25 heavy (non-hydrogen) atoms. The Balaban J connectivity index is 0.00000225. The molecule has 0 saturated carbocycles. The van der Waals surface area contributed by atoms with Crippen molar-refractivity contribution in [2.75, 3.05) is 12.8 Å². The van der Waals surface area contributed by atoms with Gasteiger partial charge in [-0.25, -0.2) is 13.1 Å². The lowest BCUT2D eigenvalue weighted by atomic mass is 10.1. The van der Waals surface area contributed by atoms with Gasteiger partial charge in [0.2, 0.25) is 10.0 Å². The SMILES string of the molecule is COc1cccc(CNS(=O)(=O)c2cccc3c(N)cccc23)c1.Cl. The van der Waals surface area contributed by atoms with Crippen molar-refractivity contribution < 1.29 is 13.2 Å². The van der Waals surface area contributed by atoms with Gasteiger partial charge in [-0.1, -0.05) is 36.4 Å². The number of rotatable bonds is 5. The van der Waals surface area contributed by atoms with Crippen LogP contribution in [0.3, 0.4) is 0 Å². The van der Waals surface area contributed by atoms with Gasteiger partial charge in [0.05, 0.1) is 12.0 Å². The summed E-state index contributed by atoms with van der Waals surface area (Å²) < 4.78 is 33.2. The molecule has 3 aromatic rings. The van der Waals surface area contributed by atoms with Crippen LogP contribution in [0.25, 0.3) is 10.8 Å². The van der Waals surface area contributed by atoms with Gasteiger partial charge in [0.15, 0.2) is 0 Å². The van der Waals surface area contributed by atoms with Crippen LogP contribution in [0.1, 0.15) is 5.56 Å². The number of anilines is 1. The van der Waals surface area contributed by atoms with Gasteiger partial charge in [-0.05, 0) is 29.8 Å². The summed E-state index contributed by atoms with van der Waals surface area (Å²) in [6, 6.07) is 17.6. The quantitative estimate of drug-likeness (QED) is 0.667.